The Labute approximate surface area is 182 Å². The molecular weight excluding hydrogens is 421 g/mol. The number of nitrogens with one attached hydrogen (secondary N) is 1. The zero-order valence-corrected chi connectivity index (χ0v) is 17.8. The van der Waals surface area contributed by atoms with Gasteiger partial charge in [0.25, 0.3) is 5.91 Å². The summed E-state index contributed by atoms with van der Waals surface area (Å²) in [6.07, 6.45) is 2.19. The molecule has 0 aliphatic carbocycles. The van der Waals surface area contributed by atoms with Gasteiger partial charge in [0, 0.05) is 26.2 Å². The minimum atomic E-state index is -0.319. The van der Waals surface area contributed by atoms with E-state index >= 15 is 0 Å². The number of aromatic nitrogens is 4. The first-order valence-electron chi connectivity index (χ1n) is 9.95. The number of benzene rings is 1. The van der Waals surface area contributed by atoms with Crippen molar-refractivity contribution in [3.05, 3.63) is 53.0 Å². The predicted octanol–water partition coefficient (Wildman–Crippen LogP) is 1.82. The second-order valence-electron chi connectivity index (χ2n) is 7.11. The first kappa shape index (κ1) is 21.1. The molecule has 1 aliphatic rings. The quantitative estimate of drug-likeness (QED) is 0.624. The number of anilines is 1. The number of piperazine rings is 1. The summed E-state index contributed by atoms with van der Waals surface area (Å²) in [6, 6.07) is 6.03. The average molecular weight is 444 g/mol. The highest BCUT2D eigenvalue weighted by Crippen LogP contribution is 2.19. The van der Waals surface area contributed by atoms with Gasteiger partial charge >= 0.3 is 0 Å². The van der Waals surface area contributed by atoms with Crippen molar-refractivity contribution >= 4 is 28.3 Å². The minimum absolute atomic E-state index is 0.0804. The SMILES string of the molecule is CCc1c(C(=O)N2CCN(CC(=O)Nc3nncs3)CC2)cnn1-c1ccc(F)cc1. The lowest BCUT2D eigenvalue weighted by Gasteiger charge is -2.34. The van der Waals surface area contributed by atoms with Crippen LogP contribution in [0.2, 0.25) is 0 Å². The van der Waals surface area contributed by atoms with E-state index in [2.05, 4.69) is 20.6 Å². The molecule has 0 radical (unpaired) electrons. The summed E-state index contributed by atoms with van der Waals surface area (Å²) < 4.78 is 14.9. The summed E-state index contributed by atoms with van der Waals surface area (Å²) in [4.78, 5) is 29.0. The molecule has 9 nitrogen and oxygen atoms in total. The van der Waals surface area contributed by atoms with Gasteiger partial charge in [-0.2, -0.15) is 5.10 Å². The van der Waals surface area contributed by atoms with E-state index in [1.807, 2.05) is 11.8 Å². The van der Waals surface area contributed by atoms with Crippen LogP contribution in [-0.4, -0.2) is 74.3 Å². The molecule has 1 aromatic carbocycles. The standard InChI is InChI=1S/C20H22FN7O2S/c1-2-17-16(11-23-28(17)15-5-3-14(21)4-6-15)19(30)27-9-7-26(8-10-27)12-18(29)24-20-25-22-13-31-20/h3-6,11,13H,2,7-10,12H2,1H3,(H,24,25,29). The van der Waals surface area contributed by atoms with E-state index in [0.717, 1.165) is 5.69 Å². The zero-order chi connectivity index (χ0) is 21.8. The summed E-state index contributed by atoms with van der Waals surface area (Å²) in [7, 11) is 0. The van der Waals surface area contributed by atoms with Crippen LogP contribution in [0.1, 0.15) is 23.0 Å². The second-order valence-corrected chi connectivity index (χ2v) is 7.94. The Morgan fingerprint density at radius 3 is 2.55 bits per heavy atom. The lowest BCUT2D eigenvalue weighted by Crippen LogP contribution is -2.50. The van der Waals surface area contributed by atoms with Gasteiger partial charge in [-0.05, 0) is 30.7 Å². The molecule has 1 saturated heterocycles. The van der Waals surface area contributed by atoms with E-state index in [1.165, 1.54) is 23.5 Å². The fourth-order valence-electron chi connectivity index (χ4n) is 3.57. The molecule has 0 atom stereocenters. The van der Waals surface area contributed by atoms with E-state index in [9.17, 15) is 14.0 Å². The molecular formula is C20H22FN7O2S. The number of hydrogen-bond acceptors (Lipinski definition) is 7. The highest BCUT2D eigenvalue weighted by molar-refractivity contribution is 7.13. The lowest BCUT2D eigenvalue weighted by atomic mass is 10.1. The monoisotopic (exact) mass is 443 g/mol. The highest BCUT2D eigenvalue weighted by Gasteiger charge is 2.26. The van der Waals surface area contributed by atoms with Gasteiger partial charge in [-0.1, -0.05) is 18.3 Å². The van der Waals surface area contributed by atoms with Crippen LogP contribution in [0.25, 0.3) is 5.69 Å². The van der Waals surface area contributed by atoms with Gasteiger partial charge < -0.3 is 4.90 Å². The molecule has 3 aromatic rings. The summed E-state index contributed by atoms with van der Waals surface area (Å²) in [5.41, 5.74) is 3.61. The van der Waals surface area contributed by atoms with Gasteiger partial charge in [-0.3, -0.25) is 19.8 Å². The van der Waals surface area contributed by atoms with Crippen molar-refractivity contribution < 1.29 is 14.0 Å². The molecule has 0 spiro atoms. The Hall–Kier alpha value is -3.18. The molecule has 2 aromatic heterocycles. The Morgan fingerprint density at radius 2 is 1.90 bits per heavy atom. The van der Waals surface area contributed by atoms with Crippen LogP contribution >= 0.6 is 11.3 Å². The first-order valence-corrected chi connectivity index (χ1v) is 10.8. The molecule has 1 aliphatic heterocycles. The van der Waals surface area contributed by atoms with Crippen LogP contribution in [0.3, 0.4) is 0 Å². The molecule has 1 fully saturated rings. The molecule has 4 rings (SSSR count). The molecule has 11 heteroatoms. The lowest BCUT2D eigenvalue weighted by molar-refractivity contribution is -0.117. The van der Waals surface area contributed by atoms with E-state index in [1.54, 1.807) is 33.4 Å². The van der Waals surface area contributed by atoms with Gasteiger partial charge in [0.2, 0.25) is 11.0 Å². The third-order valence-corrected chi connectivity index (χ3v) is 5.75. The minimum Gasteiger partial charge on any atom is -0.336 e. The van der Waals surface area contributed by atoms with Crippen molar-refractivity contribution in [3.63, 3.8) is 0 Å². The fraction of sp³-hybridized carbons (Fsp3) is 0.350. The van der Waals surface area contributed by atoms with Crippen molar-refractivity contribution in [1.82, 2.24) is 29.8 Å². The van der Waals surface area contributed by atoms with E-state index in [-0.39, 0.29) is 24.2 Å². The van der Waals surface area contributed by atoms with Crippen LogP contribution in [-0.2, 0) is 11.2 Å². The van der Waals surface area contributed by atoms with Gasteiger partial charge in [-0.15, -0.1) is 10.2 Å². The Bertz CT molecular complexity index is 1040. The summed E-state index contributed by atoms with van der Waals surface area (Å²) >= 11 is 1.27. The predicted molar refractivity (Wildman–Crippen MR) is 114 cm³/mol. The third-order valence-electron chi connectivity index (χ3n) is 5.14. The van der Waals surface area contributed by atoms with Crippen LogP contribution in [0.5, 0.6) is 0 Å². The zero-order valence-electron chi connectivity index (χ0n) is 17.0. The number of hydrogen-bond donors (Lipinski definition) is 1. The van der Waals surface area contributed by atoms with Crippen LogP contribution < -0.4 is 5.32 Å². The van der Waals surface area contributed by atoms with Gasteiger partial charge in [0.15, 0.2) is 0 Å². The maximum Gasteiger partial charge on any atom is 0.257 e. The smallest absolute Gasteiger partial charge is 0.257 e. The van der Waals surface area contributed by atoms with Gasteiger partial charge in [0.1, 0.15) is 11.3 Å². The number of carbonyl (C=O) groups is 2. The van der Waals surface area contributed by atoms with Crippen molar-refractivity contribution in [2.45, 2.75) is 13.3 Å². The molecule has 0 bridgehead atoms. The molecule has 0 unspecified atom stereocenters. The first-order chi connectivity index (χ1) is 15.0. The van der Waals surface area contributed by atoms with Crippen molar-refractivity contribution in [1.29, 1.82) is 0 Å². The van der Waals surface area contributed by atoms with Crippen molar-refractivity contribution in [3.8, 4) is 5.69 Å². The number of halogens is 1. The van der Waals surface area contributed by atoms with Crippen LogP contribution in [0.15, 0.2) is 36.0 Å². The molecule has 1 N–H and O–H groups in total. The van der Waals surface area contributed by atoms with Gasteiger partial charge in [0.05, 0.1) is 29.7 Å². The van der Waals surface area contributed by atoms with Crippen LogP contribution in [0.4, 0.5) is 9.52 Å². The Morgan fingerprint density at radius 1 is 1.16 bits per heavy atom. The van der Waals surface area contributed by atoms with E-state index < -0.39 is 0 Å². The van der Waals surface area contributed by atoms with E-state index in [4.69, 9.17) is 0 Å². The molecule has 2 amide bonds. The number of rotatable bonds is 6. The Kier molecular flexibility index (Phi) is 6.33. The maximum atomic E-state index is 13.2. The third kappa shape index (κ3) is 4.78. The molecule has 0 saturated carbocycles. The average Bonchev–Trinajstić information content (AvgIpc) is 3.44. The maximum absolute atomic E-state index is 13.2. The fourth-order valence-corrected chi connectivity index (χ4v) is 4.03. The van der Waals surface area contributed by atoms with Gasteiger partial charge in [-0.25, -0.2) is 9.07 Å². The number of carbonyl (C=O) groups excluding carboxylic acids is 2. The second kappa shape index (κ2) is 9.31. The molecule has 3 heterocycles. The summed E-state index contributed by atoms with van der Waals surface area (Å²) in [5.74, 6) is -0.548. The highest BCUT2D eigenvalue weighted by atomic mass is 32.1. The summed E-state index contributed by atoms with van der Waals surface area (Å²) in [5, 5.41) is 15.0. The van der Waals surface area contributed by atoms with Crippen molar-refractivity contribution in [2.24, 2.45) is 0 Å². The van der Waals surface area contributed by atoms with Crippen LogP contribution in [0, 0.1) is 5.82 Å². The summed E-state index contributed by atoms with van der Waals surface area (Å²) in [6.45, 7) is 4.45. The van der Waals surface area contributed by atoms with Crippen molar-refractivity contribution in [2.75, 3.05) is 38.0 Å². The largest absolute Gasteiger partial charge is 0.336 e. The van der Waals surface area contributed by atoms with E-state index in [0.29, 0.717) is 49.0 Å². The number of nitrogens with zero attached hydrogens (tertiary/aromatic N) is 6. The Balaban J connectivity index is 1.37. The topological polar surface area (TPSA) is 96.2 Å². The normalized spacial score (nSPS) is 14.6. The molecule has 162 valence electrons. The molecule has 31 heavy (non-hydrogen) atoms. The number of amides is 2.